The Bertz CT molecular complexity index is 959. The molecule has 0 aliphatic carbocycles. The van der Waals surface area contributed by atoms with Gasteiger partial charge in [0.2, 0.25) is 5.76 Å². The lowest BCUT2D eigenvalue weighted by atomic mass is 10.1. The minimum Gasteiger partial charge on any atom is -0.350 e. The predicted molar refractivity (Wildman–Crippen MR) is 102 cm³/mol. The number of halogens is 1. The molecule has 7 nitrogen and oxygen atoms in total. The van der Waals surface area contributed by atoms with Crippen molar-refractivity contribution in [2.75, 3.05) is 25.0 Å². The third-order valence-electron chi connectivity index (χ3n) is 5.15. The molecule has 1 aliphatic rings. The van der Waals surface area contributed by atoms with Gasteiger partial charge in [0.15, 0.2) is 0 Å². The average Bonchev–Trinajstić information content (AvgIpc) is 3.38. The van der Waals surface area contributed by atoms with Crippen LogP contribution >= 0.6 is 0 Å². The first-order valence-corrected chi connectivity index (χ1v) is 9.44. The minimum absolute atomic E-state index is 0.0202. The number of nitrogens with one attached hydrogen (secondary N) is 1. The average molecular weight is 383 g/mol. The molecular weight excluding hydrogens is 361 g/mol. The zero-order chi connectivity index (χ0) is 19.5. The molecule has 1 amide bonds. The molecule has 0 radical (unpaired) electrons. The monoisotopic (exact) mass is 383 g/mol. The van der Waals surface area contributed by atoms with Crippen LogP contribution in [-0.4, -0.2) is 45.4 Å². The van der Waals surface area contributed by atoms with Crippen LogP contribution in [0.4, 0.5) is 10.2 Å². The molecule has 0 saturated carbocycles. The van der Waals surface area contributed by atoms with Crippen LogP contribution in [0.2, 0.25) is 0 Å². The van der Waals surface area contributed by atoms with Crippen LogP contribution in [0.3, 0.4) is 0 Å². The zero-order valence-electron chi connectivity index (χ0n) is 15.6. The third kappa shape index (κ3) is 3.68. The summed E-state index contributed by atoms with van der Waals surface area (Å²) in [7, 11) is 0. The van der Waals surface area contributed by atoms with Gasteiger partial charge in [-0.1, -0.05) is 24.2 Å². The maximum absolute atomic E-state index is 13.9. The van der Waals surface area contributed by atoms with E-state index in [2.05, 4.69) is 27.4 Å². The van der Waals surface area contributed by atoms with Gasteiger partial charge < -0.3 is 14.7 Å². The lowest BCUT2D eigenvalue weighted by Gasteiger charge is -2.31. The number of rotatable bonds is 5. The number of carbonyl (C=O) groups excluding carboxylic acids is 1. The number of hydrogen-bond donors (Lipinski definition) is 1. The van der Waals surface area contributed by atoms with Crippen molar-refractivity contribution in [1.82, 2.24) is 19.8 Å². The molecule has 2 aromatic heterocycles. The predicted octanol–water partition coefficient (Wildman–Crippen LogP) is 3.59. The van der Waals surface area contributed by atoms with Gasteiger partial charge in [0.1, 0.15) is 17.3 Å². The van der Waals surface area contributed by atoms with E-state index < -0.39 is 11.7 Å². The van der Waals surface area contributed by atoms with E-state index in [-0.39, 0.29) is 23.1 Å². The molecule has 1 N–H and O–H groups in total. The van der Waals surface area contributed by atoms with E-state index in [1.165, 1.54) is 12.1 Å². The number of amides is 1. The summed E-state index contributed by atoms with van der Waals surface area (Å²) >= 11 is 0. The first-order valence-electron chi connectivity index (χ1n) is 9.44. The molecule has 0 bridgehead atoms. The highest BCUT2D eigenvalue weighted by Gasteiger charge is 2.23. The van der Waals surface area contributed by atoms with E-state index in [0.717, 1.165) is 32.5 Å². The molecule has 3 heterocycles. The Morgan fingerprint density at radius 2 is 2.07 bits per heavy atom. The fourth-order valence-corrected chi connectivity index (χ4v) is 3.54. The van der Waals surface area contributed by atoms with Gasteiger partial charge >= 0.3 is 0 Å². The molecule has 0 unspecified atom stereocenters. The molecule has 0 atom stereocenters. The summed E-state index contributed by atoms with van der Waals surface area (Å²) < 4.78 is 20.9. The first kappa shape index (κ1) is 18.4. The number of hydrogen-bond acceptors (Lipinski definition) is 5. The van der Waals surface area contributed by atoms with E-state index in [1.807, 2.05) is 4.68 Å². The summed E-state index contributed by atoms with van der Waals surface area (Å²) in [6.07, 6.45) is 3.64. The van der Waals surface area contributed by atoms with Gasteiger partial charge in [-0.05, 0) is 31.5 Å². The highest BCUT2D eigenvalue weighted by molar-refractivity contribution is 6.02. The summed E-state index contributed by atoms with van der Waals surface area (Å²) in [6.45, 7) is 5.24. The Morgan fingerprint density at radius 1 is 1.29 bits per heavy atom. The zero-order valence-corrected chi connectivity index (χ0v) is 15.6. The van der Waals surface area contributed by atoms with Gasteiger partial charge in [0, 0.05) is 30.8 Å². The Labute approximate surface area is 162 Å². The largest absolute Gasteiger partial charge is 0.350 e. The highest BCUT2D eigenvalue weighted by Crippen LogP contribution is 2.26. The van der Waals surface area contributed by atoms with Crippen molar-refractivity contribution in [2.24, 2.45) is 0 Å². The van der Waals surface area contributed by atoms with E-state index in [9.17, 15) is 9.18 Å². The summed E-state index contributed by atoms with van der Waals surface area (Å²) in [4.78, 5) is 15.0. The summed E-state index contributed by atoms with van der Waals surface area (Å²) in [5.74, 6) is -0.224. The van der Waals surface area contributed by atoms with Crippen LogP contribution in [0, 0.1) is 5.82 Å². The number of aromatic nitrogens is 3. The van der Waals surface area contributed by atoms with Crippen LogP contribution in [0.5, 0.6) is 0 Å². The second-order valence-corrected chi connectivity index (χ2v) is 6.84. The van der Waals surface area contributed by atoms with E-state index in [0.29, 0.717) is 5.82 Å². The van der Waals surface area contributed by atoms with Crippen LogP contribution in [-0.2, 0) is 0 Å². The summed E-state index contributed by atoms with van der Waals surface area (Å²) in [5.41, 5.74) is 0.571. The van der Waals surface area contributed by atoms with Gasteiger partial charge in [-0.3, -0.25) is 4.79 Å². The number of nitrogens with zero attached hydrogens (tertiary/aromatic N) is 4. The van der Waals surface area contributed by atoms with Crippen LogP contribution in [0.25, 0.3) is 11.3 Å². The maximum Gasteiger partial charge on any atom is 0.295 e. The first-order chi connectivity index (χ1) is 13.7. The van der Waals surface area contributed by atoms with Crippen LogP contribution < -0.4 is 5.32 Å². The molecule has 1 aliphatic heterocycles. The minimum atomic E-state index is -0.442. The van der Waals surface area contributed by atoms with Gasteiger partial charge in [-0.15, -0.1) is 0 Å². The molecule has 1 fully saturated rings. The fourth-order valence-electron chi connectivity index (χ4n) is 3.54. The lowest BCUT2D eigenvalue weighted by Crippen LogP contribution is -2.35. The molecule has 1 aromatic carbocycles. The molecule has 146 valence electrons. The number of carbonyl (C=O) groups is 1. The quantitative estimate of drug-likeness (QED) is 0.729. The fraction of sp³-hybridized carbons (Fsp3) is 0.350. The molecule has 1 saturated heterocycles. The molecule has 28 heavy (non-hydrogen) atoms. The van der Waals surface area contributed by atoms with Crippen molar-refractivity contribution < 1.29 is 13.7 Å². The summed E-state index contributed by atoms with van der Waals surface area (Å²) in [5, 5.41) is 11.0. The molecule has 8 heteroatoms. The Kier molecular flexibility index (Phi) is 5.21. The van der Waals surface area contributed by atoms with Crippen molar-refractivity contribution in [3.63, 3.8) is 0 Å². The smallest absolute Gasteiger partial charge is 0.295 e. The number of anilines is 1. The Balaban J connectivity index is 1.47. The maximum atomic E-state index is 13.9. The number of likely N-dealkylation sites (tertiary alicyclic amines) is 1. The molecular formula is C20H22FN5O2. The van der Waals surface area contributed by atoms with Crippen LogP contribution in [0.15, 0.2) is 47.1 Å². The number of piperidine rings is 1. The van der Waals surface area contributed by atoms with Crippen molar-refractivity contribution in [1.29, 1.82) is 0 Å². The SMILES string of the molecule is CCN1CCC(n2nccc2NC(=O)c2cc(-c3ccccc3F)no2)CC1. The van der Waals surface area contributed by atoms with E-state index in [1.54, 1.807) is 30.5 Å². The topological polar surface area (TPSA) is 76.2 Å². The van der Waals surface area contributed by atoms with E-state index >= 15 is 0 Å². The van der Waals surface area contributed by atoms with Crippen LogP contribution in [0.1, 0.15) is 36.4 Å². The third-order valence-corrected chi connectivity index (χ3v) is 5.15. The van der Waals surface area contributed by atoms with E-state index in [4.69, 9.17) is 4.52 Å². The standard InChI is InChI=1S/C20H22FN5O2/c1-2-25-11-8-14(9-12-25)26-19(7-10-22-26)23-20(27)18-13-17(24-28-18)15-5-3-4-6-16(15)21/h3-7,10,13-14H,2,8-9,11-12H2,1H3,(H,23,27). The Hall–Kier alpha value is -3.00. The second kappa shape index (κ2) is 7.93. The lowest BCUT2D eigenvalue weighted by molar-refractivity contribution is 0.0986. The van der Waals surface area contributed by atoms with Crippen molar-refractivity contribution in [3.8, 4) is 11.3 Å². The number of benzene rings is 1. The normalized spacial score (nSPS) is 15.6. The molecule has 4 rings (SSSR count). The Morgan fingerprint density at radius 3 is 2.82 bits per heavy atom. The second-order valence-electron chi connectivity index (χ2n) is 6.84. The molecule has 3 aromatic rings. The van der Waals surface area contributed by atoms with Crippen molar-refractivity contribution >= 4 is 11.7 Å². The van der Waals surface area contributed by atoms with Gasteiger partial charge in [-0.25, -0.2) is 9.07 Å². The highest BCUT2D eigenvalue weighted by atomic mass is 19.1. The van der Waals surface area contributed by atoms with Gasteiger partial charge in [0.05, 0.1) is 12.2 Å². The van der Waals surface area contributed by atoms with Gasteiger partial charge in [0.25, 0.3) is 5.91 Å². The van der Waals surface area contributed by atoms with Crippen molar-refractivity contribution in [3.05, 3.63) is 54.2 Å². The molecule has 0 spiro atoms. The van der Waals surface area contributed by atoms with Crippen molar-refractivity contribution in [2.45, 2.75) is 25.8 Å². The van der Waals surface area contributed by atoms with Gasteiger partial charge in [-0.2, -0.15) is 5.10 Å². The summed E-state index contributed by atoms with van der Waals surface area (Å²) in [6, 6.07) is 9.68.